The molecule has 2 N–H and O–H groups in total. The van der Waals surface area contributed by atoms with Gasteiger partial charge in [0.15, 0.2) is 0 Å². The molecule has 0 bridgehead atoms. The molecule has 0 saturated heterocycles. The van der Waals surface area contributed by atoms with E-state index in [2.05, 4.69) is 20.9 Å². The maximum absolute atomic E-state index is 11.5. The van der Waals surface area contributed by atoms with Crippen molar-refractivity contribution in [1.82, 2.24) is 14.9 Å². The monoisotopic (exact) mass is 272 g/mol. The Labute approximate surface area is 115 Å². The minimum absolute atomic E-state index is 0.461. The van der Waals surface area contributed by atoms with Gasteiger partial charge in [-0.05, 0) is 30.8 Å². The highest BCUT2D eigenvalue weighted by Crippen LogP contribution is 2.17. The van der Waals surface area contributed by atoms with Crippen molar-refractivity contribution in [3.63, 3.8) is 0 Å². The molecule has 2 aromatic rings. The Morgan fingerprint density at radius 1 is 1.15 bits per heavy atom. The molecule has 0 unspecified atom stereocenters. The van der Waals surface area contributed by atoms with E-state index in [1.54, 1.807) is 12.1 Å². The predicted octanol–water partition coefficient (Wildman–Crippen LogP) is 0.930. The second-order valence-electron chi connectivity index (χ2n) is 4.54. The SMILES string of the molecule is CCN(CC)Cc1cc(C#N)cc2[nH]c(=O)c(=O)[nH]c12. The van der Waals surface area contributed by atoms with Crippen LogP contribution < -0.4 is 11.1 Å². The largest absolute Gasteiger partial charge is 0.316 e. The molecule has 20 heavy (non-hydrogen) atoms. The van der Waals surface area contributed by atoms with Gasteiger partial charge in [-0.2, -0.15) is 5.26 Å². The molecule has 0 aliphatic rings. The van der Waals surface area contributed by atoms with E-state index < -0.39 is 11.1 Å². The van der Waals surface area contributed by atoms with Crippen LogP contribution in [-0.2, 0) is 6.54 Å². The summed E-state index contributed by atoms with van der Waals surface area (Å²) in [4.78, 5) is 30.1. The molecule has 0 aliphatic carbocycles. The lowest BCUT2D eigenvalue weighted by Crippen LogP contribution is -2.30. The molecule has 0 atom stereocenters. The molecule has 2 rings (SSSR count). The summed E-state index contributed by atoms with van der Waals surface area (Å²) in [5.41, 5.74) is 0.971. The maximum atomic E-state index is 11.5. The van der Waals surface area contributed by atoms with E-state index in [9.17, 15) is 9.59 Å². The number of rotatable bonds is 4. The van der Waals surface area contributed by atoms with Crippen LogP contribution in [0.3, 0.4) is 0 Å². The molecule has 104 valence electrons. The van der Waals surface area contributed by atoms with Gasteiger partial charge in [0.1, 0.15) is 0 Å². The van der Waals surface area contributed by atoms with Crippen molar-refractivity contribution in [2.75, 3.05) is 13.1 Å². The Bertz CT molecular complexity index is 778. The summed E-state index contributed by atoms with van der Waals surface area (Å²) < 4.78 is 0. The van der Waals surface area contributed by atoms with Crippen molar-refractivity contribution in [3.8, 4) is 6.07 Å². The van der Waals surface area contributed by atoms with Gasteiger partial charge >= 0.3 is 11.1 Å². The number of nitrogens with one attached hydrogen (secondary N) is 2. The third kappa shape index (κ3) is 2.63. The van der Waals surface area contributed by atoms with E-state index in [0.29, 0.717) is 23.1 Å². The van der Waals surface area contributed by atoms with Crippen LogP contribution in [0.1, 0.15) is 25.0 Å². The van der Waals surface area contributed by atoms with E-state index in [-0.39, 0.29) is 0 Å². The molecule has 0 fully saturated rings. The molecule has 0 radical (unpaired) electrons. The van der Waals surface area contributed by atoms with Crippen LogP contribution in [0.4, 0.5) is 0 Å². The average Bonchev–Trinajstić information content (AvgIpc) is 2.45. The minimum Gasteiger partial charge on any atom is -0.316 e. The number of benzene rings is 1. The van der Waals surface area contributed by atoms with Gasteiger partial charge < -0.3 is 9.97 Å². The van der Waals surface area contributed by atoms with Gasteiger partial charge in [0.2, 0.25) is 0 Å². The summed E-state index contributed by atoms with van der Waals surface area (Å²) in [5, 5.41) is 9.07. The van der Waals surface area contributed by atoms with E-state index in [1.165, 1.54) is 0 Å². The highest BCUT2D eigenvalue weighted by molar-refractivity contribution is 5.79. The number of H-pyrrole nitrogens is 2. The number of aromatic nitrogens is 2. The second kappa shape index (κ2) is 5.72. The lowest BCUT2D eigenvalue weighted by molar-refractivity contribution is 0.297. The number of fused-ring (bicyclic) bond motifs is 1. The Morgan fingerprint density at radius 3 is 2.40 bits per heavy atom. The van der Waals surface area contributed by atoms with Gasteiger partial charge in [-0.3, -0.25) is 14.5 Å². The predicted molar refractivity (Wildman–Crippen MR) is 76.5 cm³/mol. The number of nitrogens with zero attached hydrogens (tertiary/aromatic N) is 2. The Morgan fingerprint density at radius 2 is 1.80 bits per heavy atom. The highest BCUT2D eigenvalue weighted by Gasteiger charge is 2.10. The summed E-state index contributed by atoms with van der Waals surface area (Å²) in [7, 11) is 0. The minimum atomic E-state index is -0.707. The molecule has 1 aromatic carbocycles. The zero-order valence-electron chi connectivity index (χ0n) is 11.5. The first kappa shape index (κ1) is 14.0. The molecular weight excluding hydrogens is 256 g/mol. The first-order valence-electron chi connectivity index (χ1n) is 6.50. The van der Waals surface area contributed by atoms with Crippen LogP contribution in [0, 0.1) is 11.3 Å². The van der Waals surface area contributed by atoms with Crippen LogP contribution >= 0.6 is 0 Å². The first-order valence-corrected chi connectivity index (χ1v) is 6.50. The summed E-state index contributed by atoms with van der Waals surface area (Å²) in [6.45, 7) is 6.43. The van der Waals surface area contributed by atoms with Gasteiger partial charge in [-0.1, -0.05) is 13.8 Å². The van der Waals surface area contributed by atoms with Crippen LogP contribution in [0.25, 0.3) is 11.0 Å². The molecule has 6 nitrogen and oxygen atoms in total. The van der Waals surface area contributed by atoms with Gasteiger partial charge in [-0.15, -0.1) is 0 Å². The van der Waals surface area contributed by atoms with Crippen molar-refractivity contribution in [3.05, 3.63) is 44.0 Å². The third-order valence-electron chi connectivity index (χ3n) is 3.33. The summed E-state index contributed by atoms with van der Waals surface area (Å²) in [6, 6.07) is 5.38. The van der Waals surface area contributed by atoms with Crippen molar-refractivity contribution in [2.45, 2.75) is 20.4 Å². The highest BCUT2D eigenvalue weighted by atomic mass is 16.2. The standard InChI is InChI=1S/C14H16N4O2/c1-3-18(4-2)8-10-5-9(7-15)6-11-12(10)17-14(20)13(19)16-11/h5-6H,3-4,8H2,1-2H3,(H,16,19)(H,17,20). The topological polar surface area (TPSA) is 92.8 Å². The number of hydrogen-bond acceptors (Lipinski definition) is 4. The van der Waals surface area contributed by atoms with Crippen LogP contribution in [-0.4, -0.2) is 28.0 Å². The van der Waals surface area contributed by atoms with Crippen molar-refractivity contribution in [1.29, 1.82) is 5.26 Å². The lowest BCUT2D eigenvalue weighted by Gasteiger charge is -2.19. The third-order valence-corrected chi connectivity index (χ3v) is 3.33. The van der Waals surface area contributed by atoms with E-state index in [1.807, 2.05) is 13.8 Å². The fraction of sp³-hybridized carbons (Fsp3) is 0.357. The normalized spacial score (nSPS) is 10.9. The van der Waals surface area contributed by atoms with Crippen LogP contribution in [0.15, 0.2) is 21.7 Å². The Balaban J connectivity index is 2.68. The Hall–Kier alpha value is -2.39. The van der Waals surface area contributed by atoms with Crippen LogP contribution in [0.2, 0.25) is 0 Å². The summed E-state index contributed by atoms with van der Waals surface area (Å²) >= 11 is 0. The fourth-order valence-electron chi connectivity index (χ4n) is 2.18. The fourth-order valence-corrected chi connectivity index (χ4v) is 2.18. The molecular formula is C14H16N4O2. The van der Waals surface area contributed by atoms with Gasteiger partial charge in [0.05, 0.1) is 22.7 Å². The molecule has 6 heteroatoms. The van der Waals surface area contributed by atoms with Crippen molar-refractivity contribution in [2.24, 2.45) is 0 Å². The summed E-state index contributed by atoms with van der Waals surface area (Å²) in [6.07, 6.45) is 0. The molecule has 0 amide bonds. The van der Waals surface area contributed by atoms with Gasteiger partial charge in [0.25, 0.3) is 0 Å². The molecule has 0 saturated carbocycles. The zero-order valence-corrected chi connectivity index (χ0v) is 11.5. The zero-order chi connectivity index (χ0) is 14.7. The molecule has 0 spiro atoms. The van der Waals surface area contributed by atoms with Crippen LogP contribution in [0.5, 0.6) is 0 Å². The Kier molecular flexibility index (Phi) is 4.01. The second-order valence-corrected chi connectivity index (χ2v) is 4.54. The van der Waals surface area contributed by atoms with E-state index >= 15 is 0 Å². The maximum Gasteiger partial charge on any atom is 0.314 e. The number of aromatic amines is 2. The average molecular weight is 272 g/mol. The summed E-state index contributed by atoms with van der Waals surface area (Å²) in [5.74, 6) is 0. The quantitative estimate of drug-likeness (QED) is 0.810. The molecule has 1 heterocycles. The van der Waals surface area contributed by atoms with Gasteiger partial charge in [0, 0.05) is 6.54 Å². The number of nitriles is 1. The molecule has 0 aliphatic heterocycles. The lowest BCUT2D eigenvalue weighted by atomic mass is 10.1. The van der Waals surface area contributed by atoms with Crippen molar-refractivity contribution < 1.29 is 0 Å². The smallest absolute Gasteiger partial charge is 0.314 e. The van der Waals surface area contributed by atoms with Crippen molar-refractivity contribution >= 4 is 11.0 Å². The molecule has 1 aromatic heterocycles. The van der Waals surface area contributed by atoms with E-state index in [0.717, 1.165) is 18.7 Å². The van der Waals surface area contributed by atoms with E-state index in [4.69, 9.17) is 5.26 Å². The van der Waals surface area contributed by atoms with Gasteiger partial charge in [-0.25, -0.2) is 0 Å². The first-order chi connectivity index (χ1) is 9.58. The number of hydrogen-bond donors (Lipinski definition) is 2.